The molecule has 8 heteroatoms. The summed E-state index contributed by atoms with van der Waals surface area (Å²) in [5.41, 5.74) is 1.35. The van der Waals surface area contributed by atoms with Crippen molar-refractivity contribution in [3.63, 3.8) is 0 Å². The molecule has 2 heterocycles. The number of carbonyl (C=O) groups excluding carboxylic acids is 2. The fourth-order valence-electron chi connectivity index (χ4n) is 3.74. The molecule has 1 atom stereocenters. The van der Waals surface area contributed by atoms with Gasteiger partial charge >= 0.3 is 0 Å². The summed E-state index contributed by atoms with van der Waals surface area (Å²) in [4.78, 5) is 31.5. The number of carbonyl (C=O) groups is 2. The van der Waals surface area contributed by atoms with Crippen LogP contribution in [0.4, 0.5) is 0 Å². The Hall–Kier alpha value is -2.71. The van der Waals surface area contributed by atoms with E-state index in [4.69, 9.17) is 0 Å². The first-order valence-corrected chi connectivity index (χ1v) is 11.3. The van der Waals surface area contributed by atoms with Crippen LogP contribution in [0.5, 0.6) is 0 Å². The number of rotatable bonds is 6. The van der Waals surface area contributed by atoms with E-state index in [1.54, 1.807) is 41.7 Å². The van der Waals surface area contributed by atoms with Gasteiger partial charge in [-0.15, -0.1) is 0 Å². The van der Waals surface area contributed by atoms with Gasteiger partial charge in [-0.2, -0.15) is 0 Å². The highest BCUT2D eigenvalue weighted by atomic mass is 79.9. The Morgan fingerprint density at radius 2 is 1.81 bits per heavy atom. The molecule has 0 radical (unpaired) electrons. The van der Waals surface area contributed by atoms with Crippen LogP contribution in [0.15, 0.2) is 81.8 Å². The predicted molar refractivity (Wildman–Crippen MR) is 124 cm³/mol. The number of Topliss-reactive ketones (excluding diaryl/α,β-unsaturated/α-hetero) is 1. The van der Waals surface area contributed by atoms with Gasteiger partial charge in [0.2, 0.25) is 0 Å². The molecule has 1 fully saturated rings. The second-order valence-electron chi connectivity index (χ2n) is 7.21. The van der Waals surface area contributed by atoms with Crippen LogP contribution in [0.1, 0.15) is 23.6 Å². The molecule has 1 amide bonds. The van der Waals surface area contributed by atoms with Gasteiger partial charge in [-0.3, -0.25) is 9.59 Å². The van der Waals surface area contributed by atoms with Gasteiger partial charge < -0.3 is 14.6 Å². The molecule has 158 valence electrons. The van der Waals surface area contributed by atoms with E-state index in [9.17, 15) is 14.7 Å². The molecule has 0 spiro atoms. The number of benzene rings is 2. The average molecular weight is 545 g/mol. The van der Waals surface area contributed by atoms with E-state index in [1.807, 2.05) is 35.0 Å². The average Bonchev–Trinajstić information content (AvgIpc) is 3.36. The standard InChI is InChI=1S/C23H19Br2N3O3/c24-17-7-5-15(6-8-17)21(29)19-20(16-3-1-4-18(25)13-16)28(23(31)22(19)30)11-2-10-27-12-9-26-14-27/h1,3-9,12-14,20,29H,2,10-11H2/b21-19-. The zero-order valence-electron chi connectivity index (χ0n) is 16.4. The Kier molecular flexibility index (Phi) is 6.38. The molecule has 31 heavy (non-hydrogen) atoms. The summed E-state index contributed by atoms with van der Waals surface area (Å²) in [7, 11) is 0. The minimum atomic E-state index is -0.673. The van der Waals surface area contributed by atoms with Crippen molar-refractivity contribution >= 4 is 49.3 Å². The highest BCUT2D eigenvalue weighted by Crippen LogP contribution is 2.40. The van der Waals surface area contributed by atoms with E-state index >= 15 is 0 Å². The molecule has 1 N–H and O–H groups in total. The number of ketones is 1. The number of aryl methyl sites for hydroxylation is 1. The molecule has 1 aliphatic heterocycles. The fourth-order valence-corrected chi connectivity index (χ4v) is 4.42. The quantitative estimate of drug-likeness (QED) is 0.271. The van der Waals surface area contributed by atoms with Gasteiger partial charge in [-0.25, -0.2) is 4.98 Å². The number of likely N-dealkylation sites (tertiary alicyclic amines) is 1. The lowest BCUT2D eigenvalue weighted by molar-refractivity contribution is -0.139. The second kappa shape index (κ2) is 9.20. The first-order chi connectivity index (χ1) is 15.0. The van der Waals surface area contributed by atoms with Crippen molar-refractivity contribution in [1.29, 1.82) is 0 Å². The van der Waals surface area contributed by atoms with E-state index < -0.39 is 17.7 Å². The number of imidazole rings is 1. The van der Waals surface area contributed by atoms with Crippen molar-refractivity contribution in [2.45, 2.75) is 19.0 Å². The molecule has 0 aliphatic carbocycles. The largest absolute Gasteiger partial charge is 0.507 e. The third-order valence-electron chi connectivity index (χ3n) is 5.20. The molecule has 1 aliphatic rings. The highest BCUT2D eigenvalue weighted by molar-refractivity contribution is 9.10. The van der Waals surface area contributed by atoms with Gasteiger partial charge in [-0.1, -0.05) is 56.1 Å². The van der Waals surface area contributed by atoms with Crippen LogP contribution in [0.3, 0.4) is 0 Å². The molecule has 6 nitrogen and oxygen atoms in total. The van der Waals surface area contributed by atoms with Crippen LogP contribution < -0.4 is 0 Å². The lowest BCUT2D eigenvalue weighted by Crippen LogP contribution is -2.31. The summed E-state index contributed by atoms with van der Waals surface area (Å²) < 4.78 is 3.61. The lowest BCUT2D eigenvalue weighted by Gasteiger charge is -2.25. The normalized spacial score (nSPS) is 18.0. The van der Waals surface area contributed by atoms with Gasteiger partial charge in [0, 0.05) is 40.0 Å². The maximum absolute atomic E-state index is 13.0. The fraction of sp³-hybridized carbons (Fsp3) is 0.174. The molecule has 1 unspecified atom stereocenters. The van der Waals surface area contributed by atoms with Crippen molar-refractivity contribution < 1.29 is 14.7 Å². The van der Waals surface area contributed by atoms with Gasteiger partial charge in [-0.05, 0) is 36.2 Å². The van der Waals surface area contributed by atoms with E-state index in [-0.39, 0.29) is 11.3 Å². The van der Waals surface area contributed by atoms with Crippen molar-refractivity contribution in [3.8, 4) is 0 Å². The zero-order chi connectivity index (χ0) is 22.0. The Balaban J connectivity index is 1.73. The van der Waals surface area contributed by atoms with Crippen LogP contribution in [0.25, 0.3) is 5.76 Å². The Labute approximate surface area is 196 Å². The molecular formula is C23H19Br2N3O3. The van der Waals surface area contributed by atoms with Crippen LogP contribution in [0.2, 0.25) is 0 Å². The third kappa shape index (κ3) is 4.50. The monoisotopic (exact) mass is 543 g/mol. The maximum atomic E-state index is 13.0. The minimum absolute atomic E-state index is 0.105. The van der Waals surface area contributed by atoms with E-state index in [0.29, 0.717) is 25.1 Å². The van der Waals surface area contributed by atoms with Crippen molar-refractivity contribution in [1.82, 2.24) is 14.5 Å². The molecular weight excluding hydrogens is 526 g/mol. The number of aliphatic hydroxyl groups excluding tert-OH is 1. The molecule has 0 bridgehead atoms. The van der Waals surface area contributed by atoms with Crippen LogP contribution in [0, 0.1) is 0 Å². The summed E-state index contributed by atoms with van der Waals surface area (Å²) in [5.74, 6) is -1.45. The summed E-state index contributed by atoms with van der Waals surface area (Å²) >= 11 is 6.84. The summed E-state index contributed by atoms with van der Waals surface area (Å²) in [5, 5.41) is 11.0. The Morgan fingerprint density at radius 1 is 1.03 bits per heavy atom. The number of nitrogens with zero attached hydrogens (tertiary/aromatic N) is 3. The molecule has 4 rings (SSSR count). The number of hydrogen-bond acceptors (Lipinski definition) is 4. The minimum Gasteiger partial charge on any atom is -0.507 e. The van der Waals surface area contributed by atoms with Gasteiger partial charge in [0.25, 0.3) is 11.7 Å². The number of aromatic nitrogens is 2. The van der Waals surface area contributed by atoms with Gasteiger partial charge in [0.1, 0.15) is 5.76 Å². The first kappa shape index (κ1) is 21.5. The number of halogens is 2. The van der Waals surface area contributed by atoms with E-state index in [0.717, 1.165) is 14.5 Å². The molecule has 0 saturated carbocycles. The van der Waals surface area contributed by atoms with Gasteiger partial charge in [0.05, 0.1) is 17.9 Å². The SMILES string of the molecule is O=C1C(=O)N(CCCn2ccnc2)C(c2cccc(Br)c2)/C1=C(/O)c1ccc(Br)cc1. The molecule has 2 aromatic carbocycles. The molecule has 1 saturated heterocycles. The van der Waals surface area contributed by atoms with E-state index in [2.05, 4.69) is 36.8 Å². The second-order valence-corrected chi connectivity index (χ2v) is 9.04. The summed E-state index contributed by atoms with van der Waals surface area (Å²) in [6.07, 6.45) is 5.92. The molecule has 1 aromatic heterocycles. The predicted octanol–water partition coefficient (Wildman–Crippen LogP) is 4.92. The van der Waals surface area contributed by atoms with Gasteiger partial charge in [0.15, 0.2) is 0 Å². The number of aliphatic hydroxyl groups is 1. The van der Waals surface area contributed by atoms with Crippen LogP contribution in [-0.4, -0.2) is 37.8 Å². The third-order valence-corrected chi connectivity index (χ3v) is 6.22. The van der Waals surface area contributed by atoms with Crippen LogP contribution >= 0.6 is 31.9 Å². The van der Waals surface area contributed by atoms with Crippen molar-refractivity contribution in [2.24, 2.45) is 0 Å². The Bertz CT molecular complexity index is 1140. The Morgan fingerprint density at radius 3 is 2.48 bits per heavy atom. The van der Waals surface area contributed by atoms with Crippen molar-refractivity contribution in [3.05, 3.63) is 92.9 Å². The first-order valence-electron chi connectivity index (χ1n) is 9.71. The van der Waals surface area contributed by atoms with E-state index in [1.165, 1.54) is 0 Å². The molecule has 3 aromatic rings. The van der Waals surface area contributed by atoms with Crippen LogP contribution in [-0.2, 0) is 16.1 Å². The topological polar surface area (TPSA) is 75.4 Å². The van der Waals surface area contributed by atoms with Crippen molar-refractivity contribution in [2.75, 3.05) is 6.54 Å². The summed E-state index contributed by atoms with van der Waals surface area (Å²) in [6, 6.07) is 13.8. The lowest BCUT2D eigenvalue weighted by atomic mass is 9.95. The maximum Gasteiger partial charge on any atom is 0.295 e. The highest BCUT2D eigenvalue weighted by Gasteiger charge is 2.45. The number of hydrogen-bond donors (Lipinski definition) is 1. The number of amides is 1. The smallest absolute Gasteiger partial charge is 0.295 e. The zero-order valence-corrected chi connectivity index (χ0v) is 19.6. The summed E-state index contributed by atoms with van der Waals surface area (Å²) in [6.45, 7) is 1.04.